The maximum atomic E-state index is 5.36. The van der Waals surface area contributed by atoms with Gasteiger partial charge in [0.25, 0.3) is 0 Å². The lowest BCUT2D eigenvalue weighted by Crippen LogP contribution is -2.27. The summed E-state index contributed by atoms with van der Waals surface area (Å²) in [6.45, 7) is 0.656. The fourth-order valence-electron chi connectivity index (χ4n) is 2.43. The van der Waals surface area contributed by atoms with Crippen molar-refractivity contribution in [1.29, 1.82) is 0 Å². The molecule has 0 bridgehead atoms. The number of hydrogen-bond donors (Lipinski definition) is 3. The van der Waals surface area contributed by atoms with E-state index in [4.69, 9.17) is 17.0 Å². The Hall–Kier alpha value is -3.05. The lowest BCUT2D eigenvalue weighted by atomic mass is 10.2. The number of benzene rings is 3. The molecule has 5 heteroatoms. The van der Waals surface area contributed by atoms with E-state index >= 15 is 0 Å². The van der Waals surface area contributed by atoms with E-state index in [1.807, 2.05) is 78.9 Å². The zero-order valence-electron chi connectivity index (χ0n) is 14.5. The molecule has 0 atom stereocenters. The van der Waals surface area contributed by atoms with Gasteiger partial charge in [-0.05, 0) is 66.3 Å². The average Bonchev–Trinajstić information content (AvgIpc) is 2.69. The van der Waals surface area contributed by atoms with Crippen molar-refractivity contribution >= 4 is 34.4 Å². The number of para-hydroxylation sites is 1. The molecule has 0 unspecified atom stereocenters. The van der Waals surface area contributed by atoms with Gasteiger partial charge in [0.05, 0.1) is 7.11 Å². The van der Waals surface area contributed by atoms with Crippen molar-refractivity contribution in [3.8, 4) is 5.75 Å². The van der Waals surface area contributed by atoms with Crippen molar-refractivity contribution in [3.05, 3.63) is 84.4 Å². The zero-order chi connectivity index (χ0) is 18.2. The van der Waals surface area contributed by atoms with Gasteiger partial charge in [0.15, 0.2) is 5.11 Å². The molecule has 132 valence electrons. The molecule has 0 saturated heterocycles. The standard InChI is InChI=1S/C21H21N3OS/c1-25-20-13-7-16(8-14-20)15-22-21(26)24-19-11-9-18(10-12-19)23-17-5-3-2-4-6-17/h2-14,23H,15H2,1H3,(H2,22,24,26). The molecule has 3 aromatic carbocycles. The minimum atomic E-state index is 0.588. The maximum Gasteiger partial charge on any atom is 0.171 e. The minimum Gasteiger partial charge on any atom is -0.497 e. The smallest absolute Gasteiger partial charge is 0.171 e. The number of rotatable bonds is 6. The Morgan fingerprint density at radius 2 is 1.42 bits per heavy atom. The zero-order valence-corrected chi connectivity index (χ0v) is 15.3. The van der Waals surface area contributed by atoms with Crippen LogP contribution in [0.3, 0.4) is 0 Å². The Labute approximate surface area is 159 Å². The van der Waals surface area contributed by atoms with Gasteiger partial charge < -0.3 is 20.7 Å². The van der Waals surface area contributed by atoms with E-state index in [2.05, 4.69) is 16.0 Å². The molecule has 0 aliphatic rings. The second-order valence-corrected chi connectivity index (χ2v) is 6.13. The summed E-state index contributed by atoms with van der Waals surface area (Å²) >= 11 is 5.36. The third kappa shape index (κ3) is 5.22. The highest BCUT2D eigenvalue weighted by Crippen LogP contribution is 2.18. The predicted octanol–water partition coefficient (Wildman–Crippen LogP) is 4.93. The number of anilines is 3. The van der Waals surface area contributed by atoms with Crippen molar-refractivity contribution in [1.82, 2.24) is 5.32 Å². The number of hydrogen-bond acceptors (Lipinski definition) is 3. The maximum absolute atomic E-state index is 5.36. The summed E-state index contributed by atoms with van der Waals surface area (Å²) < 4.78 is 5.16. The summed E-state index contributed by atoms with van der Waals surface area (Å²) in [4.78, 5) is 0. The van der Waals surface area contributed by atoms with Crippen LogP contribution in [0.15, 0.2) is 78.9 Å². The van der Waals surface area contributed by atoms with Crippen LogP contribution in [0.5, 0.6) is 5.75 Å². The molecule has 3 rings (SSSR count). The second kappa shape index (κ2) is 8.87. The topological polar surface area (TPSA) is 45.3 Å². The number of ether oxygens (including phenoxy) is 1. The second-order valence-electron chi connectivity index (χ2n) is 5.72. The Morgan fingerprint density at radius 3 is 2.08 bits per heavy atom. The first-order valence-electron chi connectivity index (χ1n) is 8.33. The molecule has 0 radical (unpaired) electrons. The average molecular weight is 363 g/mol. The molecular weight excluding hydrogens is 342 g/mol. The summed E-state index contributed by atoms with van der Waals surface area (Å²) in [5.41, 5.74) is 4.16. The molecule has 26 heavy (non-hydrogen) atoms. The Morgan fingerprint density at radius 1 is 0.808 bits per heavy atom. The van der Waals surface area contributed by atoms with Crippen molar-refractivity contribution in [2.75, 3.05) is 17.7 Å². The predicted molar refractivity (Wildman–Crippen MR) is 112 cm³/mol. The first-order valence-corrected chi connectivity index (χ1v) is 8.74. The molecule has 0 aromatic heterocycles. The van der Waals surface area contributed by atoms with Gasteiger partial charge in [0.1, 0.15) is 5.75 Å². The van der Waals surface area contributed by atoms with E-state index in [-0.39, 0.29) is 0 Å². The molecule has 0 fully saturated rings. The lowest BCUT2D eigenvalue weighted by Gasteiger charge is -2.12. The summed E-state index contributed by atoms with van der Waals surface area (Å²) in [6, 6.07) is 26.0. The number of methoxy groups -OCH3 is 1. The van der Waals surface area contributed by atoms with Gasteiger partial charge in [-0.15, -0.1) is 0 Å². The number of nitrogens with one attached hydrogen (secondary N) is 3. The minimum absolute atomic E-state index is 0.588. The normalized spacial score (nSPS) is 10.0. The van der Waals surface area contributed by atoms with E-state index in [0.29, 0.717) is 11.7 Å². The molecule has 4 nitrogen and oxygen atoms in total. The van der Waals surface area contributed by atoms with Crippen LogP contribution in [0.4, 0.5) is 17.1 Å². The highest BCUT2D eigenvalue weighted by atomic mass is 32.1. The molecule has 0 spiro atoms. The fraction of sp³-hybridized carbons (Fsp3) is 0.0952. The fourth-order valence-corrected chi connectivity index (χ4v) is 2.62. The van der Waals surface area contributed by atoms with Crippen LogP contribution in [0.25, 0.3) is 0 Å². The van der Waals surface area contributed by atoms with Crippen LogP contribution in [-0.4, -0.2) is 12.2 Å². The van der Waals surface area contributed by atoms with Gasteiger partial charge in [-0.2, -0.15) is 0 Å². The van der Waals surface area contributed by atoms with E-state index in [1.165, 1.54) is 0 Å². The summed E-state index contributed by atoms with van der Waals surface area (Å²) in [5, 5.41) is 10.3. The van der Waals surface area contributed by atoms with Crippen LogP contribution in [0.2, 0.25) is 0 Å². The van der Waals surface area contributed by atoms with E-state index in [9.17, 15) is 0 Å². The van der Waals surface area contributed by atoms with Gasteiger partial charge >= 0.3 is 0 Å². The van der Waals surface area contributed by atoms with Gasteiger partial charge in [0, 0.05) is 23.6 Å². The molecule has 0 heterocycles. The third-order valence-electron chi connectivity index (χ3n) is 3.82. The monoisotopic (exact) mass is 363 g/mol. The lowest BCUT2D eigenvalue weighted by molar-refractivity contribution is 0.414. The van der Waals surface area contributed by atoms with Crippen LogP contribution in [0, 0.1) is 0 Å². The van der Waals surface area contributed by atoms with Gasteiger partial charge in [-0.1, -0.05) is 30.3 Å². The van der Waals surface area contributed by atoms with Crippen LogP contribution in [-0.2, 0) is 6.54 Å². The quantitative estimate of drug-likeness (QED) is 0.542. The molecule has 0 saturated carbocycles. The first kappa shape index (κ1) is 17.8. The highest BCUT2D eigenvalue weighted by molar-refractivity contribution is 7.80. The Kier molecular flexibility index (Phi) is 6.06. The molecule has 0 amide bonds. The third-order valence-corrected chi connectivity index (χ3v) is 4.06. The Balaban J connectivity index is 1.49. The van der Waals surface area contributed by atoms with Crippen LogP contribution >= 0.6 is 12.2 Å². The van der Waals surface area contributed by atoms with Gasteiger partial charge in [-0.3, -0.25) is 0 Å². The summed E-state index contributed by atoms with van der Waals surface area (Å²) in [5.74, 6) is 0.846. The van der Waals surface area contributed by atoms with Crippen molar-refractivity contribution in [3.63, 3.8) is 0 Å². The molecule has 0 aliphatic carbocycles. The van der Waals surface area contributed by atoms with Crippen LogP contribution < -0.4 is 20.7 Å². The Bertz CT molecular complexity index is 833. The van der Waals surface area contributed by atoms with E-state index in [0.717, 1.165) is 28.4 Å². The molecule has 3 N–H and O–H groups in total. The van der Waals surface area contributed by atoms with Crippen molar-refractivity contribution in [2.45, 2.75) is 6.54 Å². The van der Waals surface area contributed by atoms with E-state index < -0.39 is 0 Å². The largest absolute Gasteiger partial charge is 0.497 e. The van der Waals surface area contributed by atoms with E-state index in [1.54, 1.807) is 7.11 Å². The molecular formula is C21H21N3OS. The van der Waals surface area contributed by atoms with Crippen molar-refractivity contribution < 1.29 is 4.74 Å². The molecule has 0 aliphatic heterocycles. The molecule has 3 aromatic rings. The summed E-state index contributed by atoms with van der Waals surface area (Å²) in [6.07, 6.45) is 0. The summed E-state index contributed by atoms with van der Waals surface area (Å²) in [7, 11) is 1.66. The van der Waals surface area contributed by atoms with Crippen LogP contribution in [0.1, 0.15) is 5.56 Å². The number of thiocarbonyl (C=S) groups is 1. The highest BCUT2D eigenvalue weighted by Gasteiger charge is 2.00. The first-order chi connectivity index (χ1) is 12.7. The SMILES string of the molecule is COc1ccc(CNC(=S)Nc2ccc(Nc3ccccc3)cc2)cc1. The van der Waals surface area contributed by atoms with Gasteiger partial charge in [-0.25, -0.2) is 0 Å². The van der Waals surface area contributed by atoms with Crippen molar-refractivity contribution in [2.24, 2.45) is 0 Å². The van der Waals surface area contributed by atoms with Gasteiger partial charge in [0.2, 0.25) is 0 Å².